The third-order valence-electron chi connectivity index (χ3n) is 2.25. The van der Waals surface area contributed by atoms with Crippen molar-refractivity contribution in [3.05, 3.63) is 16.1 Å². The van der Waals surface area contributed by atoms with Crippen LogP contribution in [0.15, 0.2) is 5.38 Å². The standard InChI is InChI=1S/C9H12N2OS/c1-6-10-8(5-13-6)9(12)11(2)7-3-4-7/h5,7H,3-4H2,1-2H3. The number of aromatic nitrogens is 1. The Morgan fingerprint density at radius 3 is 2.85 bits per heavy atom. The predicted molar refractivity (Wildman–Crippen MR) is 52.0 cm³/mol. The molecule has 0 spiro atoms. The second kappa shape index (κ2) is 3.10. The van der Waals surface area contributed by atoms with E-state index in [0.29, 0.717) is 11.7 Å². The second-order valence-corrected chi connectivity index (χ2v) is 4.46. The summed E-state index contributed by atoms with van der Waals surface area (Å²) in [5.74, 6) is 0.0619. The highest BCUT2D eigenvalue weighted by Gasteiger charge is 2.30. The number of nitrogens with zero attached hydrogens (tertiary/aromatic N) is 2. The fourth-order valence-corrected chi connectivity index (χ4v) is 1.86. The molecule has 3 nitrogen and oxygen atoms in total. The lowest BCUT2D eigenvalue weighted by atomic mass is 10.4. The summed E-state index contributed by atoms with van der Waals surface area (Å²) in [6.07, 6.45) is 2.29. The lowest BCUT2D eigenvalue weighted by molar-refractivity contribution is 0.0780. The first-order valence-corrected chi connectivity index (χ1v) is 5.26. The first kappa shape index (κ1) is 8.69. The van der Waals surface area contributed by atoms with Crippen LogP contribution in [-0.4, -0.2) is 28.9 Å². The molecule has 0 atom stereocenters. The number of rotatable bonds is 2. The predicted octanol–water partition coefficient (Wildman–Crippen LogP) is 1.69. The van der Waals surface area contributed by atoms with Crippen molar-refractivity contribution in [2.24, 2.45) is 0 Å². The quantitative estimate of drug-likeness (QED) is 0.721. The number of carbonyl (C=O) groups is 1. The summed E-state index contributed by atoms with van der Waals surface area (Å²) in [4.78, 5) is 17.7. The van der Waals surface area contributed by atoms with Gasteiger partial charge in [0.25, 0.3) is 5.91 Å². The van der Waals surface area contributed by atoms with Crippen molar-refractivity contribution in [2.45, 2.75) is 25.8 Å². The Bertz CT molecular complexity index is 330. The molecule has 13 heavy (non-hydrogen) atoms. The van der Waals surface area contributed by atoms with Crippen molar-refractivity contribution in [1.29, 1.82) is 0 Å². The maximum absolute atomic E-state index is 11.7. The Hall–Kier alpha value is -0.900. The lowest BCUT2D eigenvalue weighted by Gasteiger charge is -2.13. The molecule has 0 radical (unpaired) electrons. The van der Waals surface area contributed by atoms with Gasteiger partial charge in [-0.1, -0.05) is 0 Å². The molecule has 1 amide bonds. The van der Waals surface area contributed by atoms with E-state index >= 15 is 0 Å². The van der Waals surface area contributed by atoms with Gasteiger partial charge < -0.3 is 4.90 Å². The molecule has 1 heterocycles. The molecule has 0 aromatic carbocycles. The van der Waals surface area contributed by atoms with Crippen LogP contribution in [0.4, 0.5) is 0 Å². The third-order valence-corrected chi connectivity index (χ3v) is 3.03. The van der Waals surface area contributed by atoms with Crippen molar-refractivity contribution in [1.82, 2.24) is 9.88 Å². The van der Waals surface area contributed by atoms with Gasteiger partial charge in [-0.05, 0) is 19.8 Å². The van der Waals surface area contributed by atoms with Gasteiger partial charge in [0.05, 0.1) is 5.01 Å². The van der Waals surface area contributed by atoms with E-state index in [-0.39, 0.29) is 5.91 Å². The van der Waals surface area contributed by atoms with E-state index in [4.69, 9.17) is 0 Å². The Labute approximate surface area is 81.4 Å². The fraction of sp³-hybridized carbons (Fsp3) is 0.556. The molecule has 4 heteroatoms. The summed E-state index contributed by atoms with van der Waals surface area (Å²) in [5, 5.41) is 2.78. The van der Waals surface area contributed by atoms with E-state index < -0.39 is 0 Å². The van der Waals surface area contributed by atoms with Gasteiger partial charge in [0.15, 0.2) is 0 Å². The minimum absolute atomic E-state index is 0.0619. The Balaban J connectivity index is 2.11. The molecule has 0 bridgehead atoms. The maximum Gasteiger partial charge on any atom is 0.273 e. The van der Waals surface area contributed by atoms with E-state index in [0.717, 1.165) is 17.8 Å². The Morgan fingerprint density at radius 1 is 1.69 bits per heavy atom. The second-order valence-electron chi connectivity index (χ2n) is 3.40. The van der Waals surface area contributed by atoms with E-state index in [2.05, 4.69) is 4.98 Å². The molecule has 1 fully saturated rings. The van der Waals surface area contributed by atoms with Gasteiger partial charge in [-0.15, -0.1) is 11.3 Å². The topological polar surface area (TPSA) is 33.2 Å². The Morgan fingerprint density at radius 2 is 2.38 bits per heavy atom. The molecule has 0 unspecified atom stereocenters. The Kier molecular flexibility index (Phi) is 2.07. The van der Waals surface area contributed by atoms with E-state index in [1.807, 2.05) is 19.4 Å². The molecule has 1 aromatic rings. The minimum atomic E-state index is 0.0619. The van der Waals surface area contributed by atoms with Gasteiger partial charge >= 0.3 is 0 Å². The van der Waals surface area contributed by atoms with Crippen LogP contribution in [0.2, 0.25) is 0 Å². The van der Waals surface area contributed by atoms with Gasteiger partial charge in [-0.25, -0.2) is 4.98 Å². The van der Waals surface area contributed by atoms with Crippen LogP contribution in [0.3, 0.4) is 0 Å². The first-order valence-electron chi connectivity index (χ1n) is 4.38. The van der Waals surface area contributed by atoms with Crippen LogP contribution < -0.4 is 0 Å². The summed E-state index contributed by atoms with van der Waals surface area (Å²) < 4.78 is 0. The summed E-state index contributed by atoms with van der Waals surface area (Å²) >= 11 is 1.52. The number of thiazole rings is 1. The van der Waals surface area contributed by atoms with Crippen molar-refractivity contribution in [3.63, 3.8) is 0 Å². The van der Waals surface area contributed by atoms with E-state index in [1.165, 1.54) is 11.3 Å². The highest BCUT2D eigenvalue weighted by Crippen LogP contribution is 2.26. The monoisotopic (exact) mass is 196 g/mol. The smallest absolute Gasteiger partial charge is 0.273 e. The van der Waals surface area contributed by atoms with Gasteiger partial charge in [0.2, 0.25) is 0 Å². The minimum Gasteiger partial charge on any atom is -0.337 e. The summed E-state index contributed by atoms with van der Waals surface area (Å²) in [5.41, 5.74) is 0.594. The number of aryl methyl sites for hydroxylation is 1. The van der Waals surface area contributed by atoms with Crippen LogP contribution >= 0.6 is 11.3 Å². The summed E-state index contributed by atoms with van der Waals surface area (Å²) in [7, 11) is 1.86. The lowest BCUT2D eigenvalue weighted by Crippen LogP contribution is -2.28. The average Bonchev–Trinajstić information content (AvgIpc) is 2.87. The zero-order valence-electron chi connectivity index (χ0n) is 7.78. The molecule has 1 aliphatic carbocycles. The SMILES string of the molecule is Cc1nc(C(=O)N(C)C2CC2)cs1. The number of amides is 1. The first-order chi connectivity index (χ1) is 6.18. The number of hydrogen-bond acceptors (Lipinski definition) is 3. The molecule has 0 saturated heterocycles. The van der Waals surface area contributed by atoms with Crippen LogP contribution in [0.5, 0.6) is 0 Å². The fourth-order valence-electron chi connectivity index (χ4n) is 1.27. The molecule has 0 N–H and O–H groups in total. The van der Waals surface area contributed by atoms with Gasteiger partial charge in [0, 0.05) is 18.5 Å². The maximum atomic E-state index is 11.7. The average molecular weight is 196 g/mol. The molecule has 70 valence electrons. The van der Waals surface area contributed by atoms with E-state index in [9.17, 15) is 4.79 Å². The third kappa shape index (κ3) is 1.72. The molecule has 2 rings (SSSR count). The summed E-state index contributed by atoms with van der Waals surface area (Å²) in [6.45, 7) is 1.92. The van der Waals surface area contributed by atoms with Gasteiger partial charge in [-0.3, -0.25) is 4.79 Å². The molecule has 1 saturated carbocycles. The molecular weight excluding hydrogens is 184 g/mol. The van der Waals surface area contributed by atoms with Crippen LogP contribution in [0.1, 0.15) is 28.3 Å². The summed E-state index contributed by atoms with van der Waals surface area (Å²) in [6, 6.07) is 0.467. The van der Waals surface area contributed by atoms with Crippen molar-refractivity contribution in [3.8, 4) is 0 Å². The van der Waals surface area contributed by atoms with Gasteiger partial charge in [-0.2, -0.15) is 0 Å². The normalized spacial score (nSPS) is 15.8. The number of hydrogen-bond donors (Lipinski definition) is 0. The van der Waals surface area contributed by atoms with Crippen LogP contribution in [0, 0.1) is 6.92 Å². The van der Waals surface area contributed by atoms with Gasteiger partial charge in [0.1, 0.15) is 5.69 Å². The van der Waals surface area contributed by atoms with Crippen LogP contribution in [0.25, 0.3) is 0 Å². The molecule has 1 aromatic heterocycles. The van der Waals surface area contributed by atoms with Crippen molar-refractivity contribution in [2.75, 3.05) is 7.05 Å². The largest absolute Gasteiger partial charge is 0.337 e. The van der Waals surface area contributed by atoms with Crippen molar-refractivity contribution < 1.29 is 4.79 Å². The molecule has 0 aliphatic heterocycles. The highest BCUT2D eigenvalue weighted by molar-refractivity contribution is 7.09. The van der Waals surface area contributed by atoms with Crippen molar-refractivity contribution >= 4 is 17.2 Å². The van der Waals surface area contributed by atoms with E-state index in [1.54, 1.807) is 4.90 Å². The number of carbonyl (C=O) groups excluding carboxylic acids is 1. The highest BCUT2D eigenvalue weighted by atomic mass is 32.1. The van der Waals surface area contributed by atoms with Crippen LogP contribution in [-0.2, 0) is 0 Å². The zero-order chi connectivity index (χ0) is 9.42. The molecular formula is C9H12N2OS. The molecule has 1 aliphatic rings. The zero-order valence-corrected chi connectivity index (χ0v) is 8.60.